The van der Waals surface area contributed by atoms with E-state index >= 15 is 0 Å². The Morgan fingerprint density at radius 1 is 1.06 bits per heavy atom. The van der Waals surface area contributed by atoms with Crippen molar-refractivity contribution < 1.29 is 4.79 Å². The molecule has 0 aromatic rings. The second-order valence-electron chi connectivity index (χ2n) is 5.38. The molecule has 2 unspecified atom stereocenters. The van der Waals surface area contributed by atoms with Crippen LogP contribution in [0.3, 0.4) is 0 Å². The second-order valence-corrected chi connectivity index (χ2v) is 5.38. The summed E-state index contributed by atoms with van der Waals surface area (Å²) in [5.74, 6) is 0.822. The van der Waals surface area contributed by atoms with Crippen molar-refractivity contribution in [2.75, 3.05) is 0 Å². The molecule has 0 heterocycles. The largest absolute Gasteiger partial charge is 0.335 e. The van der Waals surface area contributed by atoms with Crippen molar-refractivity contribution in [3.63, 3.8) is 0 Å². The second kappa shape index (κ2) is 5.55. The normalized spacial score (nSPS) is 30.6. The van der Waals surface area contributed by atoms with Crippen molar-refractivity contribution in [2.24, 2.45) is 5.92 Å². The molecule has 0 aromatic heterocycles. The predicted molar refractivity (Wildman–Crippen MR) is 65.3 cm³/mol. The summed E-state index contributed by atoms with van der Waals surface area (Å²) < 4.78 is 0. The summed E-state index contributed by atoms with van der Waals surface area (Å²) in [6, 6.07) is 0.927. The van der Waals surface area contributed by atoms with Gasteiger partial charge in [-0.3, -0.25) is 0 Å². The van der Waals surface area contributed by atoms with E-state index in [4.69, 9.17) is 0 Å². The van der Waals surface area contributed by atoms with Gasteiger partial charge in [0.25, 0.3) is 0 Å². The molecule has 2 rings (SSSR count). The zero-order valence-corrected chi connectivity index (χ0v) is 10.3. The molecule has 0 aliphatic heterocycles. The molecule has 2 amide bonds. The summed E-state index contributed by atoms with van der Waals surface area (Å²) in [4.78, 5) is 11.7. The Hall–Kier alpha value is -0.730. The molecule has 3 heteroatoms. The minimum absolute atomic E-state index is 0.0615. The molecule has 16 heavy (non-hydrogen) atoms. The van der Waals surface area contributed by atoms with E-state index in [9.17, 15) is 4.79 Å². The molecular formula is C13H24N2O. The van der Waals surface area contributed by atoms with Crippen LogP contribution in [-0.4, -0.2) is 18.1 Å². The number of carbonyl (C=O) groups excluding carboxylic acids is 1. The van der Waals surface area contributed by atoms with E-state index < -0.39 is 0 Å². The minimum atomic E-state index is 0.0615. The standard InChI is InChI=1S/C13H24N2O/c1-2-10-5-3-8-12(9-10)15-13(16)14-11-6-4-7-11/h10-12H,2-9H2,1H3,(H2,14,15,16). The van der Waals surface area contributed by atoms with Crippen LogP contribution in [0.4, 0.5) is 4.79 Å². The monoisotopic (exact) mass is 224 g/mol. The number of rotatable bonds is 3. The first-order chi connectivity index (χ1) is 7.78. The van der Waals surface area contributed by atoms with Crippen LogP contribution >= 0.6 is 0 Å². The molecule has 2 saturated carbocycles. The highest BCUT2D eigenvalue weighted by molar-refractivity contribution is 5.74. The number of hydrogen-bond acceptors (Lipinski definition) is 1. The number of hydrogen-bond donors (Lipinski definition) is 2. The minimum Gasteiger partial charge on any atom is -0.335 e. The fraction of sp³-hybridized carbons (Fsp3) is 0.923. The van der Waals surface area contributed by atoms with E-state index in [0.717, 1.165) is 25.2 Å². The van der Waals surface area contributed by atoms with Gasteiger partial charge in [-0.25, -0.2) is 4.79 Å². The lowest BCUT2D eigenvalue weighted by Crippen LogP contribution is -2.49. The smallest absolute Gasteiger partial charge is 0.315 e. The van der Waals surface area contributed by atoms with Crippen molar-refractivity contribution >= 4 is 6.03 Å². The lowest BCUT2D eigenvalue weighted by molar-refractivity contribution is 0.214. The van der Waals surface area contributed by atoms with Crippen LogP contribution in [0.25, 0.3) is 0 Å². The highest BCUT2D eigenvalue weighted by Crippen LogP contribution is 2.26. The molecule has 0 radical (unpaired) electrons. The number of carbonyl (C=O) groups is 1. The number of urea groups is 1. The Labute approximate surface area is 98.4 Å². The van der Waals surface area contributed by atoms with Gasteiger partial charge in [-0.1, -0.05) is 26.2 Å². The molecule has 2 atom stereocenters. The Kier molecular flexibility index (Phi) is 4.08. The molecule has 92 valence electrons. The summed E-state index contributed by atoms with van der Waals surface area (Å²) in [7, 11) is 0. The topological polar surface area (TPSA) is 41.1 Å². The van der Waals surface area contributed by atoms with Gasteiger partial charge in [0.1, 0.15) is 0 Å². The van der Waals surface area contributed by atoms with Crippen LogP contribution in [-0.2, 0) is 0 Å². The van der Waals surface area contributed by atoms with Crippen molar-refractivity contribution in [1.82, 2.24) is 10.6 Å². The molecule has 0 aromatic carbocycles. The SMILES string of the molecule is CCC1CCCC(NC(=O)NC2CCC2)C1. The molecule has 0 spiro atoms. The third-order valence-electron chi connectivity index (χ3n) is 4.14. The highest BCUT2D eigenvalue weighted by atomic mass is 16.2. The van der Waals surface area contributed by atoms with E-state index in [2.05, 4.69) is 17.6 Å². The molecular weight excluding hydrogens is 200 g/mol. The maximum Gasteiger partial charge on any atom is 0.315 e. The molecule has 3 nitrogen and oxygen atoms in total. The molecule has 0 bridgehead atoms. The molecule has 2 aliphatic rings. The zero-order chi connectivity index (χ0) is 11.4. The first-order valence-corrected chi connectivity index (χ1v) is 6.85. The average Bonchev–Trinajstić information content (AvgIpc) is 2.24. The van der Waals surface area contributed by atoms with Crippen LogP contribution in [0.1, 0.15) is 58.3 Å². The summed E-state index contributed by atoms with van der Waals surface area (Å²) in [6.45, 7) is 2.25. The first-order valence-electron chi connectivity index (χ1n) is 6.85. The van der Waals surface area contributed by atoms with Gasteiger partial charge in [0, 0.05) is 12.1 Å². The van der Waals surface area contributed by atoms with Gasteiger partial charge in [0.15, 0.2) is 0 Å². The summed E-state index contributed by atoms with van der Waals surface area (Å²) in [5.41, 5.74) is 0. The van der Waals surface area contributed by atoms with Crippen LogP contribution in [0, 0.1) is 5.92 Å². The van der Waals surface area contributed by atoms with E-state index in [1.165, 1.54) is 32.1 Å². The Morgan fingerprint density at radius 2 is 1.69 bits per heavy atom. The van der Waals surface area contributed by atoms with E-state index in [1.807, 2.05) is 0 Å². The van der Waals surface area contributed by atoms with Crippen LogP contribution in [0.15, 0.2) is 0 Å². The van der Waals surface area contributed by atoms with Crippen LogP contribution in [0.2, 0.25) is 0 Å². The van der Waals surface area contributed by atoms with Gasteiger partial charge in [-0.2, -0.15) is 0 Å². The van der Waals surface area contributed by atoms with Gasteiger partial charge in [0.2, 0.25) is 0 Å². The number of amides is 2. The highest BCUT2D eigenvalue weighted by Gasteiger charge is 2.24. The molecule has 2 N–H and O–H groups in total. The fourth-order valence-corrected chi connectivity index (χ4v) is 2.76. The third kappa shape index (κ3) is 3.13. The average molecular weight is 224 g/mol. The zero-order valence-electron chi connectivity index (χ0n) is 10.3. The van der Waals surface area contributed by atoms with Crippen LogP contribution in [0.5, 0.6) is 0 Å². The van der Waals surface area contributed by atoms with Gasteiger partial charge in [0.05, 0.1) is 0 Å². The lowest BCUT2D eigenvalue weighted by Gasteiger charge is -2.31. The molecule has 2 aliphatic carbocycles. The van der Waals surface area contributed by atoms with Crippen molar-refractivity contribution in [1.29, 1.82) is 0 Å². The fourth-order valence-electron chi connectivity index (χ4n) is 2.76. The van der Waals surface area contributed by atoms with E-state index in [-0.39, 0.29) is 6.03 Å². The van der Waals surface area contributed by atoms with Gasteiger partial charge < -0.3 is 10.6 Å². The third-order valence-corrected chi connectivity index (χ3v) is 4.14. The van der Waals surface area contributed by atoms with E-state index in [0.29, 0.717) is 12.1 Å². The lowest BCUT2D eigenvalue weighted by atomic mass is 9.84. The van der Waals surface area contributed by atoms with Crippen LogP contribution < -0.4 is 10.6 Å². The van der Waals surface area contributed by atoms with E-state index in [1.54, 1.807) is 0 Å². The quantitative estimate of drug-likeness (QED) is 0.760. The van der Waals surface area contributed by atoms with Gasteiger partial charge in [-0.15, -0.1) is 0 Å². The van der Waals surface area contributed by atoms with Gasteiger partial charge in [-0.05, 0) is 38.0 Å². The number of nitrogens with one attached hydrogen (secondary N) is 2. The van der Waals surface area contributed by atoms with Crippen molar-refractivity contribution in [3.05, 3.63) is 0 Å². The summed E-state index contributed by atoms with van der Waals surface area (Å²) in [6.07, 6.45) is 9.80. The first kappa shape index (κ1) is 11.7. The maximum atomic E-state index is 11.7. The Morgan fingerprint density at radius 3 is 2.31 bits per heavy atom. The maximum absolute atomic E-state index is 11.7. The Bertz CT molecular complexity index is 238. The molecule has 0 saturated heterocycles. The summed E-state index contributed by atoms with van der Waals surface area (Å²) >= 11 is 0. The Balaban J connectivity index is 1.68. The molecule has 2 fully saturated rings. The predicted octanol–water partition coefficient (Wildman–Crippen LogP) is 2.81. The summed E-state index contributed by atoms with van der Waals surface area (Å²) in [5, 5.41) is 6.18. The van der Waals surface area contributed by atoms with Crippen molar-refractivity contribution in [2.45, 2.75) is 70.4 Å². The van der Waals surface area contributed by atoms with Gasteiger partial charge >= 0.3 is 6.03 Å². The van der Waals surface area contributed by atoms with Crippen molar-refractivity contribution in [3.8, 4) is 0 Å².